The van der Waals surface area contributed by atoms with Crippen LogP contribution in [0, 0.1) is 11.7 Å². The summed E-state index contributed by atoms with van der Waals surface area (Å²) in [5.74, 6) is -0.448. The van der Waals surface area contributed by atoms with Crippen molar-refractivity contribution in [1.29, 1.82) is 0 Å². The zero-order valence-electron chi connectivity index (χ0n) is 21.8. The fraction of sp³-hybridized carbons (Fsp3) is 0.387. The average Bonchev–Trinajstić information content (AvgIpc) is 2.96. The number of carbonyl (C=O) groups is 1. The Morgan fingerprint density at radius 1 is 0.825 bits per heavy atom. The van der Waals surface area contributed by atoms with E-state index in [0.717, 1.165) is 35.2 Å². The number of rotatable bonds is 9. The minimum Gasteiger partial charge on any atom is -0.394 e. The predicted molar refractivity (Wildman–Crippen MR) is 148 cm³/mol. The fourth-order valence-corrected chi connectivity index (χ4v) is 5.83. The van der Waals surface area contributed by atoms with Crippen molar-refractivity contribution < 1.29 is 34.3 Å². The van der Waals surface area contributed by atoms with Crippen molar-refractivity contribution in [2.75, 3.05) is 11.5 Å². The summed E-state index contributed by atoms with van der Waals surface area (Å²) in [5.41, 5.74) is 3.58. The maximum Gasteiger partial charge on any atom is 0.233 e. The summed E-state index contributed by atoms with van der Waals surface area (Å²) in [5, 5.41) is 40.6. The third-order valence-corrected chi connectivity index (χ3v) is 8.21. The molecule has 0 bridgehead atoms. The number of aliphatic hydroxyl groups is 4. The first-order chi connectivity index (χ1) is 19.3. The first-order valence-corrected chi connectivity index (χ1v) is 13.9. The summed E-state index contributed by atoms with van der Waals surface area (Å²) in [6, 6.07) is 21.1. The number of halogens is 2. The van der Waals surface area contributed by atoms with Gasteiger partial charge in [0.1, 0.15) is 30.2 Å². The van der Waals surface area contributed by atoms with Crippen molar-refractivity contribution in [2.45, 2.75) is 62.2 Å². The van der Waals surface area contributed by atoms with E-state index in [2.05, 4.69) is 0 Å². The summed E-state index contributed by atoms with van der Waals surface area (Å²) < 4.78 is 18.9. The number of aryl methyl sites for hydroxylation is 1. The summed E-state index contributed by atoms with van der Waals surface area (Å²) >= 11 is 6.08. The molecule has 7 unspecified atom stereocenters. The van der Waals surface area contributed by atoms with Crippen LogP contribution in [0.15, 0.2) is 72.8 Å². The van der Waals surface area contributed by atoms with Gasteiger partial charge in [-0.05, 0) is 72.4 Å². The number of ether oxygens (including phenoxy) is 1. The van der Waals surface area contributed by atoms with E-state index in [1.165, 1.54) is 12.1 Å². The van der Waals surface area contributed by atoms with Gasteiger partial charge in [0, 0.05) is 17.1 Å². The highest BCUT2D eigenvalue weighted by atomic mass is 35.5. The third-order valence-electron chi connectivity index (χ3n) is 7.96. The highest BCUT2D eigenvalue weighted by molar-refractivity contribution is 6.30. The molecule has 9 heteroatoms. The van der Waals surface area contributed by atoms with E-state index >= 15 is 0 Å². The van der Waals surface area contributed by atoms with E-state index in [4.69, 9.17) is 16.3 Å². The summed E-state index contributed by atoms with van der Waals surface area (Å²) in [4.78, 5) is 15.1. The number of aliphatic hydroxyl groups excluding tert-OH is 4. The molecule has 2 heterocycles. The lowest BCUT2D eigenvalue weighted by Gasteiger charge is -2.48. The van der Waals surface area contributed by atoms with Gasteiger partial charge in [0.25, 0.3) is 0 Å². The lowest BCUT2D eigenvalue weighted by atomic mass is 9.78. The zero-order valence-corrected chi connectivity index (χ0v) is 22.6. The topological polar surface area (TPSA) is 110 Å². The Morgan fingerprint density at radius 3 is 2.10 bits per heavy atom. The Balaban J connectivity index is 1.31. The molecule has 2 fully saturated rings. The van der Waals surface area contributed by atoms with Crippen molar-refractivity contribution in [1.82, 2.24) is 0 Å². The summed E-state index contributed by atoms with van der Waals surface area (Å²) in [6.07, 6.45) is -3.38. The van der Waals surface area contributed by atoms with Crippen molar-refractivity contribution in [3.8, 4) is 0 Å². The van der Waals surface area contributed by atoms with Crippen LogP contribution in [-0.4, -0.2) is 63.5 Å². The van der Waals surface area contributed by atoms with Crippen LogP contribution < -0.4 is 4.90 Å². The first kappa shape index (κ1) is 28.7. The Bertz CT molecular complexity index is 1290. The van der Waals surface area contributed by atoms with Crippen LogP contribution in [0.5, 0.6) is 0 Å². The molecular weight excluding hydrogens is 537 g/mol. The molecule has 3 aromatic rings. The number of anilines is 1. The molecule has 0 radical (unpaired) electrons. The molecule has 212 valence electrons. The monoisotopic (exact) mass is 569 g/mol. The van der Waals surface area contributed by atoms with Crippen molar-refractivity contribution in [2.24, 2.45) is 5.92 Å². The Labute approximate surface area is 237 Å². The zero-order chi connectivity index (χ0) is 28.4. The molecule has 0 saturated carbocycles. The number of carbonyl (C=O) groups excluding carboxylic acids is 1. The molecule has 0 spiro atoms. The van der Waals surface area contributed by atoms with Crippen LogP contribution in [0.25, 0.3) is 0 Å². The summed E-state index contributed by atoms with van der Waals surface area (Å²) in [7, 11) is 0. The van der Waals surface area contributed by atoms with Crippen molar-refractivity contribution in [3.63, 3.8) is 0 Å². The van der Waals surface area contributed by atoms with Crippen LogP contribution in [0.3, 0.4) is 0 Å². The highest BCUT2D eigenvalue weighted by Gasteiger charge is 2.48. The largest absolute Gasteiger partial charge is 0.394 e. The number of nitrogens with zero attached hydrogens (tertiary/aromatic N) is 1. The molecule has 40 heavy (non-hydrogen) atoms. The van der Waals surface area contributed by atoms with Crippen LogP contribution >= 0.6 is 11.6 Å². The van der Waals surface area contributed by atoms with Gasteiger partial charge in [0.05, 0.1) is 24.7 Å². The van der Waals surface area contributed by atoms with E-state index in [9.17, 15) is 29.6 Å². The Morgan fingerprint density at radius 2 is 1.45 bits per heavy atom. The lowest BCUT2D eigenvalue weighted by molar-refractivity contribution is -0.228. The molecule has 2 aliphatic heterocycles. The van der Waals surface area contributed by atoms with Gasteiger partial charge in [-0.25, -0.2) is 4.39 Å². The summed E-state index contributed by atoms with van der Waals surface area (Å²) in [6.45, 7) is -0.473. The maximum atomic E-state index is 13.3. The van der Waals surface area contributed by atoms with Crippen LogP contribution in [0.1, 0.15) is 35.6 Å². The van der Waals surface area contributed by atoms with Crippen LogP contribution in [0.4, 0.5) is 10.1 Å². The Hall–Kier alpha value is -2.85. The SMILES string of the molecule is O=C1C(CCCc2ccc(F)cc2)C(c2ccc(CC3OC(CO)C(O)C(O)C3O)cc2)N1c1ccc(Cl)cc1. The fourth-order valence-electron chi connectivity index (χ4n) is 5.71. The van der Waals surface area contributed by atoms with E-state index in [1.807, 2.05) is 36.4 Å². The predicted octanol–water partition coefficient (Wildman–Crippen LogP) is 3.59. The molecule has 2 saturated heterocycles. The molecule has 4 N–H and O–H groups in total. The van der Waals surface area contributed by atoms with Gasteiger partial charge in [-0.3, -0.25) is 4.79 Å². The van der Waals surface area contributed by atoms with E-state index < -0.39 is 37.1 Å². The quantitative estimate of drug-likeness (QED) is 0.293. The first-order valence-electron chi connectivity index (χ1n) is 13.5. The highest BCUT2D eigenvalue weighted by Crippen LogP contribution is 2.46. The van der Waals surface area contributed by atoms with Crippen LogP contribution in [-0.2, 0) is 22.4 Å². The molecule has 3 aromatic carbocycles. The lowest BCUT2D eigenvalue weighted by Crippen LogP contribution is -2.59. The molecular formula is C31H33ClFNO6. The van der Waals surface area contributed by atoms with E-state index in [0.29, 0.717) is 11.4 Å². The second-order valence-corrected chi connectivity index (χ2v) is 11.0. The van der Waals surface area contributed by atoms with E-state index in [-0.39, 0.29) is 30.1 Å². The van der Waals surface area contributed by atoms with Crippen LogP contribution in [0.2, 0.25) is 5.02 Å². The molecule has 0 aromatic heterocycles. The van der Waals surface area contributed by atoms with Gasteiger partial charge in [-0.15, -0.1) is 0 Å². The normalized spacial score (nSPS) is 28.4. The number of amides is 1. The minimum absolute atomic E-state index is 0.0387. The van der Waals surface area contributed by atoms with Crippen molar-refractivity contribution >= 4 is 23.2 Å². The van der Waals surface area contributed by atoms with Gasteiger partial charge >= 0.3 is 0 Å². The Kier molecular flexibility index (Phi) is 8.85. The molecule has 7 atom stereocenters. The standard InChI is InChI=1S/C31H33ClFNO6/c32-21-10-14-23(15-11-21)34-27(24(31(34)39)3-1-2-18-6-12-22(33)13-7-18)20-8-4-19(5-9-20)16-25-28(36)30(38)29(37)26(17-35)40-25/h4-15,24-30,35-38H,1-3,16-17H2. The second kappa shape index (κ2) is 12.3. The maximum absolute atomic E-state index is 13.3. The number of benzene rings is 3. The molecule has 0 aliphatic carbocycles. The molecule has 1 amide bonds. The number of β-lactam (4-membered cyclic amide) rings is 1. The molecule has 5 rings (SSSR count). The number of hydrogen-bond donors (Lipinski definition) is 4. The van der Waals surface area contributed by atoms with Gasteiger partial charge in [-0.1, -0.05) is 48.0 Å². The van der Waals surface area contributed by atoms with Crippen molar-refractivity contribution in [3.05, 3.63) is 100 Å². The van der Waals surface area contributed by atoms with E-state index in [1.54, 1.807) is 29.2 Å². The average molecular weight is 570 g/mol. The molecule has 7 nitrogen and oxygen atoms in total. The van der Waals surface area contributed by atoms with Gasteiger partial charge < -0.3 is 30.1 Å². The van der Waals surface area contributed by atoms with Gasteiger partial charge in [-0.2, -0.15) is 0 Å². The van der Waals surface area contributed by atoms with Gasteiger partial charge in [0.2, 0.25) is 5.91 Å². The second-order valence-electron chi connectivity index (χ2n) is 10.6. The molecule has 2 aliphatic rings. The minimum atomic E-state index is -1.42. The van der Waals surface area contributed by atoms with Gasteiger partial charge in [0.15, 0.2) is 0 Å². The number of hydrogen-bond acceptors (Lipinski definition) is 6. The third kappa shape index (κ3) is 5.93. The smallest absolute Gasteiger partial charge is 0.233 e.